The number of rotatable bonds is 3. The van der Waals surface area contributed by atoms with E-state index in [1.54, 1.807) is 0 Å². The van der Waals surface area contributed by atoms with Gasteiger partial charge in [-0.15, -0.1) is 0 Å². The van der Waals surface area contributed by atoms with Crippen LogP contribution in [-0.2, 0) is 19.7 Å². The molecule has 5 rings (SSSR count). The number of carbonyl (C=O) groups excluding carboxylic acids is 1. The van der Waals surface area contributed by atoms with Crippen molar-refractivity contribution in [3.8, 4) is 0 Å². The molecule has 0 amide bonds. The van der Waals surface area contributed by atoms with Gasteiger partial charge in [-0.2, -0.15) is 0 Å². The van der Waals surface area contributed by atoms with Crippen LogP contribution in [-0.4, -0.2) is 24.2 Å². The molecule has 0 aliphatic heterocycles. The third-order valence-corrected chi connectivity index (χ3v) is 6.59. The van der Waals surface area contributed by atoms with E-state index in [1.165, 1.54) is 12.7 Å². The lowest BCUT2D eigenvalue weighted by Crippen LogP contribution is -2.61. The average molecular weight is 314 g/mol. The van der Waals surface area contributed by atoms with Crippen molar-refractivity contribution in [3.05, 3.63) is 35.9 Å². The van der Waals surface area contributed by atoms with Gasteiger partial charge in [0.2, 0.25) is 0 Å². The molecule has 0 spiro atoms. The summed E-state index contributed by atoms with van der Waals surface area (Å²) in [6.45, 7) is 0. The predicted molar refractivity (Wildman–Crippen MR) is 83.8 cm³/mol. The lowest BCUT2D eigenvalue weighted by Gasteiger charge is -2.63. The maximum Gasteiger partial charge on any atom is 0.311 e. The number of carbonyl (C=O) groups is 2. The first-order chi connectivity index (χ1) is 11.0. The Morgan fingerprint density at radius 3 is 2.22 bits per heavy atom. The Morgan fingerprint density at radius 2 is 1.70 bits per heavy atom. The lowest BCUT2D eigenvalue weighted by molar-refractivity contribution is -0.185. The minimum atomic E-state index is -0.693. The van der Waals surface area contributed by atoms with Gasteiger partial charge in [0.1, 0.15) is 0 Å². The highest BCUT2D eigenvalue weighted by Crippen LogP contribution is 2.67. The van der Waals surface area contributed by atoms with Crippen molar-refractivity contribution < 1.29 is 19.4 Å². The van der Waals surface area contributed by atoms with Gasteiger partial charge in [0.05, 0.1) is 18.4 Å². The van der Waals surface area contributed by atoms with Gasteiger partial charge in [-0.25, -0.2) is 0 Å². The molecule has 0 radical (unpaired) electrons. The van der Waals surface area contributed by atoms with Crippen molar-refractivity contribution in [2.75, 3.05) is 7.11 Å². The molecule has 4 aliphatic rings. The minimum absolute atomic E-state index is 0.0623. The Morgan fingerprint density at radius 1 is 1.09 bits per heavy atom. The Balaban J connectivity index is 1.80. The van der Waals surface area contributed by atoms with Gasteiger partial charge in [-0.05, 0) is 54.9 Å². The summed E-state index contributed by atoms with van der Waals surface area (Å²) >= 11 is 0. The molecule has 4 aliphatic carbocycles. The summed E-state index contributed by atoms with van der Waals surface area (Å²) in [6.07, 6.45) is 3.89. The van der Waals surface area contributed by atoms with E-state index in [0.717, 1.165) is 19.3 Å². The van der Waals surface area contributed by atoms with E-state index in [-0.39, 0.29) is 29.1 Å². The molecular weight excluding hydrogens is 292 g/mol. The molecule has 4 nitrogen and oxygen atoms in total. The fourth-order valence-electron chi connectivity index (χ4n) is 6.14. The monoisotopic (exact) mass is 314 g/mol. The number of hydrogen-bond acceptors (Lipinski definition) is 3. The molecule has 0 heterocycles. The Kier molecular flexibility index (Phi) is 3.09. The van der Waals surface area contributed by atoms with Crippen LogP contribution in [0.15, 0.2) is 30.3 Å². The molecule has 4 heteroatoms. The normalized spacial score (nSPS) is 40.8. The van der Waals surface area contributed by atoms with Crippen LogP contribution in [0.1, 0.15) is 37.7 Å². The molecule has 4 bridgehead atoms. The fourth-order valence-corrected chi connectivity index (χ4v) is 6.14. The SMILES string of the molecule is COC(=O)C12CC3CC(c4ccccc4)(CC(C1)C3C(=O)O)C2. The molecule has 1 aromatic rings. The van der Waals surface area contributed by atoms with Crippen LogP contribution in [0.3, 0.4) is 0 Å². The van der Waals surface area contributed by atoms with Gasteiger partial charge in [0.25, 0.3) is 0 Å². The number of carboxylic acids is 1. The molecule has 4 fully saturated rings. The van der Waals surface area contributed by atoms with Crippen LogP contribution in [0.2, 0.25) is 0 Å². The molecule has 0 saturated heterocycles. The summed E-state index contributed by atoms with van der Waals surface area (Å²) in [5, 5.41) is 9.66. The highest BCUT2D eigenvalue weighted by Gasteiger charge is 2.65. The molecule has 4 saturated carbocycles. The van der Waals surface area contributed by atoms with Crippen molar-refractivity contribution >= 4 is 11.9 Å². The Bertz CT molecular complexity index is 635. The van der Waals surface area contributed by atoms with Gasteiger partial charge < -0.3 is 9.84 Å². The quantitative estimate of drug-likeness (QED) is 0.871. The molecule has 0 aromatic heterocycles. The zero-order chi connectivity index (χ0) is 16.2. The lowest BCUT2D eigenvalue weighted by atomic mass is 9.40. The standard InChI is InChI=1S/C19H22O4/c1-23-17(22)19-9-12-7-18(11-19,14-5-3-2-4-6-14)8-13(10-19)15(12)16(20)21/h2-6,12-13,15H,7-11H2,1H3,(H,20,21). The molecule has 122 valence electrons. The van der Waals surface area contributed by atoms with Crippen molar-refractivity contribution in [2.24, 2.45) is 23.2 Å². The molecule has 1 aromatic carbocycles. The largest absolute Gasteiger partial charge is 0.481 e. The van der Waals surface area contributed by atoms with Crippen LogP contribution < -0.4 is 0 Å². The van der Waals surface area contributed by atoms with Crippen LogP contribution in [0.5, 0.6) is 0 Å². The second-order valence-electron chi connectivity index (χ2n) is 7.80. The zero-order valence-corrected chi connectivity index (χ0v) is 13.3. The summed E-state index contributed by atoms with van der Waals surface area (Å²) in [7, 11) is 1.45. The zero-order valence-electron chi connectivity index (χ0n) is 13.3. The van der Waals surface area contributed by atoms with E-state index in [9.17, 15) is 14.7 Å². The second-order valence-corrected chi connectivity index (χ2v) is 7.80. The van der Waals surface area contributed by atoms with Crippen molar-refractivity contribution in [3.63, 3.8) is 0 Å². The van der Waals surface area contributed by atoms with E-state index in [4.69, 9.17) is 4.74 Å². The predicted octanol–water partition coefficient (Wildman–Crippen LogP) is 3.01. The van der Waals surface area contributed by atoms with Crippen molar-refractivity contribution in [1.82, 2.24) is 0 Å². The van der Waals surface area contributed by atoms with E-state index < -0.39 is 11.4 Å². The van der Waals surface area contributed by atoms with Crippen LogP contribution in [0, 0.1) is 23.2 Å². The summed E-state index contributed by atoms with van der Waals surface area (Å²) in [5.74, 6) is -0.982. The maximum absolute atomic E-state index is 12.5. The van der Waals surface area contributed by atoms with Gasteiger partial charge >= 0.3 is 11.9 Å². The van der Waals surface area contributed by atoms with Crippen molar-refractivity contribution in [2.45, 2.75) is 37.5 Å². The summed E-state index contributed by atoms with van der Waals surface area (Å²) < 4.78 is 5.13. The van der Waals surface area contributed by atoms with Crippen LogP contribution >= 0.6 is 0 Å². The number of ether oxygens (including phenoxy) is 1. The molecular formula is C19H22O4. The first-order valence-electron chi connectivity index (χ1n) is 8.36. The number of esters is 1. The number of benzene rings is 1. The molecule has 1 N–H and O–H groups in total. The van der Waals surface area contributed by atoms with Gasteiger partial charge in [0.15, 0.2) is 0 Å². The van der Waals surface area contributed by atoms with Crippen LogP contribution in [0.25, 0.3) is 0 Å². The second kappa shape index (κ2) is 4.83. The molecule has 2 unspecified atom stereocenters. The molecule has 2 atom stereocenters. The van der Waals surface area contributed by atoms with E-state index >= 15 is 0 Å². The summed E-state index contributed by atoms with van der Waals surface area (Å²) in [4.78, 5) is 24.3. The number of hydrogen-bond donors (Lipinski definition) is 1. The Labute approximate surface area is 135 Å². The third kappa shape index (κ3) is 1.97. The van der Waals surface area contributed by atoms with E-state index in [0.29, 0.717) is 12.8 Å². The Hall–Kier alpha value is -1.84. The van der Waals surface area contributed by atoms with E-state index in [2.05, 4.69) is 12.1 Å². The van der Waals surface area contributed by atoms with E-state index in [1.807, 2.05) is 18.2 Å². The highest BCUT2D eigenvalue weighted by molar-refractivity contribution is 5.79. The average Bonchev–Trinajstić information content (AvgIpc) is 2.53. The first-order valence-corrected chi connectivity index (χ1v) is 8.36. The number of methoxy groups -OCH3 is 1. The van der Waals surface area contributed by atoms with Crippen LogP contribution in [0.4, 0.5) is 0 Å². The highest BCUT2D eigenvalue weighted by atomic mass is 16.5. The molecule has 23 heavy (non-hydrogen) atoms. The summed E-state index contributed by atoms with van der Waals surface area (Å²) in [5.41, 5.74) is 0.710. The third-order valence-electron chi connectivity index (χ3n) is 6.59. The maximum atomic E-state index is 12.5. The fraction of sp³-hybridized carbons (Fsp3) is 0.579. The van der Waals surface area contributed by atoms with Gasteiger partial charge in [-0.1, -0.05) is 30.3 Å². The van der Waals surface area contributed by atoms with Gasteiger partial charge in [-0.3, -0.25) is 9.59 Å². The minimum Gasteiger partial charge on any atom is -0.481 e. The number of carboxylic acid groups (broad SMARTS) is 1. The topological polar surface area (TPSA) is 63.6 Å². The smallest absolute Gasteiger partial charge is 0.311 e. The van der Waals surface area contributed by atoms with Crippen molar-refractivity contribution in [1.29, 1.82) is 0 Å². The van der Waals surface area contributed by atoms with Gasteiger partial charge in [0, 0.05) is 0 Å². The number of aliphatic carboxylic acids is 1. The summed E-state index contributed by atoms with van der Waals surface area (Å²) in [6, 6.07) is 10.3. The first kappa shape index (κ1) is 14.7.